The quantitative estimate of drug-likeness (QED) is 0.612. The van der Waals surface area contributed by atoms with Crippen LogP contribution in [0.15, 0.2) is 41.3 Å². The second-order valence-corrected chi connectivity index (χ2v) is 10.0. The van der Waals surface area contributed by atoms with Crippen LogP contribution in [0.5, 0.6) is 5.75 Å². The summed E-state index contributed by atoms with van der Waals surface area (Å²) in [6, 6.07) is 4.44. The van der Waals surface area contributed by atoms with Crippen molar-refractivity contribution in [1.82, 2.24) is 0 Å². The van der Waals surface area contributed by atoms with E-state index in [4.69, 9.17) is 4.74 Å². The highest BCUT2D eigenvalue weighted by molar-refractivity contribution is 7.92. The third kappa shape index (κ3) is 3.06. The van der Waals surface area contributed by atoms with Crippen molar-refractivity contribution in [3.05, 3.63) is 59.2 Å². The summed E-state index contributed by atoms with van der Waals surface area (Å²) in [5, 5.41) is 0. The van der Waals surface area contributed by atoms with Crippen molar-refractivity contribution in [3.8, 4) is 5.75 Å². The van der Waals surface area contributed by atoms with Crippen molar-refractivity contribution < 1.29 is 39.9 Å². The summed E-state index contributed by atoms with van der Waals surface area (Å²) < 4.78 is 99.3. The molecule has 1 saturated carbocycles. The van der Waals surface area contributed by atoms with Gasteiger partial charge in [-0.1, -0.05) is 6.92 Å². The van der Waals surface area contributed by atoms with Gasteiger partial charge in [0.15, 0.2) is 21.4 Å². The van der Waals surface area contributed by atoms with Crippen molar-refractivity contribution in [2.45, 2.75) is 35.6 Å². The first kappa shape index (κ1) is 21.7. The molecule has 1 aliphatic carbocycles. The van der Waals surface area contributed by atoms with E-state index in [1.54, 1.807) is 0 Å². The Morgan fingerprint density at radius 3 is 2.26 bits per heavy atom. The fourth-order valence-corrected chi connectivity index (χ4v) is 7.10. The van der Waals surface area contributed by atoms with Crippen LogP contribution in [0.1, 0.15) is 30.9 Å². The van der Waals surface area contributed by atoms with E-state index in [9.17, 15) is 30.8 Å². The number of alkyl halides is 3. The first-order valence-electron chi connectivity index (χ1n) is 9.47. The minimum absolute atomic E-state index is 0.201. The Morgan fingerprint density at radius 2 is 1.65 bits per heavy atom. The lowest BCUT2D eigenvalue weighted by molar-refractivity contribution is -0.137. The fraction of sp³-hybridized carbons (Fsp3) is 0.381. The molecule has 4 rings (SSSR count). The van der Waals surface area contributed by atoms with E-state index < -0.39 is 66.0 Å². The molecule has 0 radical (unpaired) electrons. The fourth-order valence-electron chi connectivity index (χ4n) is 4.68. The number of rotatable bonds is 2. The lowest BCUT2D eigenvalue weighted by Crippen LogP contribution is -2.55. The van der Waals surface area contributed by atoms with Gasteiger partial charge in [0.05, 0.1) is 22.6 Å². The van der Waals surface area contributed by atoms with Gasteiger partial charge in [0.1, 0.15) is 16.3 Å². The van der Waals surface area contributed by atoms with E-state index >= 15 is 4.39 Å². The maximum absolute atomic E-state index is 15.0. The highest BCUT2D eigenvalue weighted by Crippen LogP contribution is 2.57. The summed E-state index contributed by atoms with van der Waals surface area (Å²) in [5.74, 6) is -4.64. The predicted octanol–water partition coefficient (Wildman–Crippen LogP) is 4.66. The van der Waals surface area contributed by atoms with Crippen LogP contribution >= 0.6 is 0 Å². The molecule has 0 N–H and O–H groups in total. The van der Waals surface area contributed by atoms with E-state index in [0.29, 0.717) is 12.1 Å². The Labute approximate surface area is 174 Å². The third-order valence-electron chi connectivity index (χ3n) is 6.31. The molecule has 0 aromatic heterocycles. The topological polar surface area (TPSA) is 60.4 Å². The van der Waals surface area contributed by atoms with Gasteiger partial charge in [0.25, 0.3) is 0 Å². The monoisotopic (exact) mass is 460 g/mol. The van der Waals surface area contributed by atoms with Crippen LogP contribution in [0.4, 0.5) is 22.0 Å². The zero-order chi connectivity index (χ0) is 22.8. The minimum Gasteiger partial charge on any atom is -0.490 e. The molecule has 31 heavy (non-hydrogen) atoms. The van der Waals surface area contributed by atoms with Gasteiger partial charge in [-0.2, -0.15) is 13.2 Å². The number of carbonyl (C=O) groups excluding carboxylic acids is 1. The molecule has 0 unspecified atom stereocenters. The van der Waals surface area contributed by atoms with Crippen LogP contribution in [0.3, 0.4) is 0 Å². The molecule has 4 nitrogen and oxygen atoms in total. The second kappa shape index (κ2) is 7.01. The standard InChI is InChI=1S/C21H17F5O4S/c1-11-14-10-30-19-16(23)7-6-15(22)18(19)20(14,9-8-17(11)27)31(28,29)13-4-2-12(3-5-13)21(24,25)26/h2-7,11,14H,8-10H2,1H3/t11-,14-,20-/m0/s1. The number of ether oxygens (including phenoxy) is 1. The van der Waals surface area contributed by atoms with Crippen LogP contribution in [-0.2, 0) is 25.6 Å². The van der Waals surface area contributed by atoms with Crippen LogP contribution in [0.25, 0.3) is 0 Å². The van der Waals surface area contributed by atoms with E-state index in [-0.39, 0.29) is 25.2 Å². The van der Waals surface area contributed by atoms with Gasteiger partial charge in [-0.05, 0) is 42.8 Å². The second-order valence-electron chi connectivity index (χ2n) is 7.82. The number of halogens is 5. The average molecular weight is 460 g/mol. The Balaban J connectivity index is 1.99. The van der Waals surface area contributed by atoms with Crippen molar-refractivity contribution in [3.63, 3.8) is 0 Å². The Morgan fingerprint density at radius 1 is 1.03 bits per heavy atom. The van der Waals surface area contributed by atoms with Gasteiger partial charge in [-0.25, -0.2) is 17.2 Å². The molecule has 1 heterocycles. The maximum atomic E-state index is 15.0. The van der Waals surface area contributed by atoms with Crippen molar-refractivity contribution >= 4 is 15.6 Å². The maximum Gasteiger partial charge on any atom is 0.416 e. The highest BCUT2D eigenvalue weighted by atomic mass is 32.2. The number of sulfone groups is 1. The number of hydrogen-bond acceptors (Lipinski definition) is 4. The smallest absolute Gasteiger partial charge is 0.416 e. The Kier molecular flexibility index (Phi) is 4.92. The molecule has 10 heteroatoms. The summed E-state index contributed by atoms with van der Waals surface area (Å²) in [6.07, 6.45) is -5.21. The first-order chi connectivity index (χ1) is 14.4. The number of carbonyl (C=O) groups is 1. The molecule has 0 amide bonds. The molecular formula is C21H17F5O4S. The summed E-state index contributed by atoms with van der Waals surface area (Å²) in [7, 11) is -4.56. The minimum atomic E-state index is -4.67. The number of fused-ring (bicyclic) bond motifs is 3. The molecule has 2 aliphatic rings. The largest absolute Gasteiger partial charge is 0.490 e. The van der Waals surface area contributed by atoms with Crippen LogP contribution < -0.4 is 4.74 Å². The molecular weight excluding hydrogens is 443 g/mol. The normalized spacial score (nSPS) is 26.1. The summed E-state index contributed by atoms with van der Waals surface area (Å²) in [5.41, 5.74) is -1.56. The molecule has 3 atom stereocenters. The lowest BCUT2D eigenvalue weighted by Gasteiger charge is -2.49. The Bertz CT molecular complexity index is 1160. The molecule has 0 spiro atoms. The van der Waals surface area contributed by atoms with E-state index in [0.717, 1.165) is 24.3 Å². The van der Waals surface area contributed by atoms with Gasteiger partial charge in [-0.3, -0.25) is 4.79 Å². The molecule has 166 valence electrons. The van der Waals surface area contributed by atoms with Gasteiger partial charge in [-0.15, -0.1) is 0 Å². The summed E-state index contributed by atoms with van der Waals surface area (Å²) in [4.78, 5) is 11.9. The van der Waals surface area contributed by atoms with Crippen molar-refractivity contribution in [2.75, 3.05) is 6.61 Å². The molecule has 1 aliphatic heterocycles. The van der Waals surface area contributed by atoms with Crippen molar-refractivity contribution in [2.24, 2.45) is 11.8 Å². The van der Waals surface area contributed by atoms with E-state index in [1.807, 2.05) is 0 Å². The number of hydrogen-bond donors (Lipinski definition) is 0. The van der Waals surface area contributed by atoms with Gasteiger partial charge < -0.3 is 4.74 Å². The molecule has 2 aromatic rings. The van der Waals surface area contributed by atoms with Crippen LogP contribution in [-0.4, -0.2) is 20.8 Å². The number of benzene rings is 2. The number of Topliss-reactive ketones (excluding diaryl/α,β-unsaturated/α-hetero) is 1. The van der Waals surface area contributed by atoms with Crippen LogP contribution in [0, 0.1) is 23.5 Å². The van der Waals surface area contributed by atoms with Gasteiger partial charge >= 0.3 is 6.18 Å². The first-order valence-corrected chi connectivity index (χ1v) is 11.0. The molecule has 0 saturated heterocycles. The molecule has 0 bridgehead atoms. The van der Waals surface area contributed by atoms with E-state index in [1.165, 1.54) is 6.92 Å². The van der Waals surface area contributed by atoms with Crippen LogP contribution in [0.2, 0.25) is 0 Å². The Hall–Kier alpha value is -2.49. The third-order valence-corrected chi connectivity index (χ3v) is 8.88. The SMILES string of the molecule is C[C@@H]1C(=O)CC[C@@]2(S(=O)(=O)c3ccc(C(F)(F)F)cc3)c3c(F)ccc(F)c3OC[C@@H]12. The van der Waals surface area contributed by atoms with Crippen molar-refractivity contribution in [1.29, 1.82) is 0 Å². The summed E-state index contributed by atoms with van der Waals surface area (Å²) in [6.45, 7) is 1.15. The average Bonchev–Trinajstić information content (AvgIpc) is 2.72. The predicted molar refractivity (Wildman–Crippen MR) is 99.1 cm³/mol. The zero-order valence-electron chi connectivity index (χ0n) is 16.2. The zero-order valence-corrected chi connectivity index (χ0v) is 17.0. The molecule has 2 aromatic carbocycles. The molecule has 1 fully saturated rings. The van der Waals surface area contributed by atoms with Gasteiger partial charge in [0.2, 0.25) is 0 Å². The highest BCUT2D eigenvalue weighted by Gasteiger charge is 2.61. The van der Waals surface area contributed by atoms with E-state index in [2.05, 4.69) is 0 Å². The lowest BCUT2D eigenvalue weighted by atomic mass is 9.67. The summed E-state index contributed by atoms with van der Waals surface area (Å²) >= 11 is 0. The number of ketones is 1. The van der Waals surface area contributed by atoms with Gasteiger partial charge in [0, 0.05) is 18.3 Å².